The van der Waals surface area contributed by atoms with E-state index in [1.807, 2.05) is 13.0 Å². The normalized spacial score (nSPS) is 16.6. The Morgan fingerprint density at radius 2 is 2.00 bits per heavy atom. The zero-order chi connectivity index (χ0) is 11.5. The quantitative estimate of drug-likeness (QED) is 0.846. The van der Waals surface area contributed by atoms with Gasteiger partial charge in [-0.25, -0.2) is 0 Å². The van der Waals surface area contributed by atoms with E-state index in [0.717, 1.165) is 18.4 Å². The van der Waals surface area contributed by atoms with Gasteiger partial charge < -0.3 is 5.11 Å². The molecule has 1 N–H and O–H groups in total. The summed E-state index contributed by atoms with van der Waals surface area (Å²) in [6, 6.07) is 6.22. The van der Waals surface area contributed by atoms with Crippen molar-refractivity contribution in [1.82, 2.24) is 0 Å². The zero-order valence-electron chi connectivity index (χ0n) is 9.70. The van der Waals surface area contributed by atoms with Crippen LogP contribution < -0.4 is 0 Å². The first kappa shape index (κ1) is 11.2. The van der Waals surface area contributed by atoms with Crippen LogP contribution in [-0.4, -0.2) is 11.1 Å². The van der Waals surface area contributed by atoms with Gasteiger partial charge >= 0.3 is 5.97 Å². The van der Waals surface area contributed by atoms with Crippen molar-refractivity contribution >= 4 is 5.97 Å². The summed E-state index contributed by atoms with van der Waals surface area (Å²) in [6.07, 6.45) is 5.43. The first-order valence-corrected chi connectivity index (χ1v) is 6.07. The standard InChI is InChI=1S/C14H18O2/c1-2-13(14(15)16)12-8-7-10-5-3-4-6-11(10)9-12/h7-9,13H,2-6H2,1H3,(H,15,16). The van der Waals surface area contributed by atoms with E-state index < -0.39 is 5.97 Å². The molecule has 2 rings (SSSR count). The summed E-state index contributed by atoms with van der Waals surface area (Å²) in [4.78, 5) is 11.1. The maximum absolute atomic E-state index is 11.1. The number of aliphatic carboxylic acids is 1. The maximum atomic E-state index is 11.1. The minimum absolute atomic E-state index is 0.341. The van der Waals surface area contributed by atoms with Crippen LogP contribution >= 0.6 is 0 Å². The van der Waals surface area contributed by atoms with Crippen LogP contribution in [0.2, 0.25) is 0 Å². The Balaban J connectivity index is 2.32. The third-order valence-corrected chi connectivity index (χ3v) is 3.48. The van der Waals surface area contributed by atoms with Gasteiger partial charge in [0, 0.05) is 0 Å². The average Bonchev–Trinajstić information content (AvgIpc) is 2.29. The van der Waals surface area contributed by atoms with Gasteiger partial charge in [0.15, 0.2) is 0 Å². The lowest BCUT2D eigenvalue weighted by Crippen LogP contribution is -2.12. The van der Waals surface area contributed by atoms with Crippen LogP contribution in [0.4, 0.5) is 0 Å². The molecule has 2 heteroatoms. The van der Waals surface area contributed by atoms with Gasteiger partial charge in [0.1, 0.15) is 0 Å². The molecule has 0 aliphatic heterocycles. The molecule has 0 bridgehead atoms. The highest BCUT2D eigenvalue weighted by molar-refractivity contribution is 5.76. The molecule has 0 amide bonds. The second kappa shape index (κ2) is 4.69. The van der Waals surface area contributed by atoms with E-state index in [9.17, 15) is 4.79 Å². The smallest absolute Gasteiger partial charge is 0.310 e. The van der Waals surface area contributed by atoms with E-state index in [1.165, 1.54) is 24.0 Å². The lowest BCUT2D eigenvalue weighted by molar-refractivity contribution is -0.138. The second-order valence-corrected chi connectivity index (χ2v) is 4.53. The summed E-state index contributed by atoms with van der Waals surface area (Å²) in [7, 11) is 0. The molecule has 1 aromatic carbocycles. The van der Waals surface area contributed by atoms with Gasteiger partial charge in [0.2, 0.25) is 0 Å². The topological polar surface area (TPSA) is 37.3 Å². The molecule has 2 nitrogen and oxygen atoms in total. The minimum Gasteiger partial charge on any atom is -0.481 e. The molecule has 0 saturated heterocycles. The van der Waals surface area contributed by atoms with Crippen LogP contribution in [0, 0.1) is 0 Å². The van der Waals surface area contributed by atoms with E-state index in [2.05, 4.69) is 12.1 Å². The molecular weight excluding hydrogens is 200 g/mol. The summed E-state index contributed by atoms with van der Waals surface area (Å²) in [5, 5.41) is 9.13. The van der Waals surface area contributed by atoms with Crippen molar-refractivity contribution in [3.63, 3.8) is 0 Å². The molecule has 1 aromatic rings. The molecule has 1 unspecified atom stereocenters. The maximum Gasteiger partial charge on any atom is 0.310 e. The van der Waals surface area contributed by atoms with Gasteiger partial charge in [-0.2, -0.15) is 0 Å². The minimum atomic E-state index is -0.710. The Labute approximate surface area is 96.3 Å². The summed E-state index contributed by atoms with van der Waals surface area (Å²) < 4.78 is 0. The predicted octanol–water partition coefficient (Wildman–Crippen LogP) is 3.14. The lowest BCUT2D eigenvalue weighted by atomic mass is 9.87. The number of fused-ring (bicyclic) bond motifs is 1. The van der Waals surface area contributed by atoms with Crippen LogP contribution in [0.3, 0.4) is 0 Å². The van der Waals surface area contributed by atoms with Gasteiger partial charge in [-0.15, -0.1) is 0 Å². The number of hydrogen-bond donors (Lipinski definition) is 1. The number of rotatable bonds is 3. The Kier molecular flexibility index (Phi) is 3.28. The summed E-state index contributed by atoms with van der Waals surface area (Å²) in [6.45, 7) is 1.93. The zero-order valence-corrected chi connectivity index (χ0v) is 9.70. The van der Waals surface area contributed by atoms with Crippen molar-refractivity contribution in [2.24, 2.45) is 0 Å². The van der Waals surface area contributed by atoms with Gasteiger partial charge in [-0.3, -0.25) is 4.79 Å². The highest BCUT2D eigenvalue weighted by Gasteiger charge is 2.19. The van der Waals surface area contributed by atoms with Crippen molar-refractivity contribution < 1.29 is 9.90 Å². The van der Waals surface area contributed by atoms with Crippen LogP contribution in [-0.2, 0) is 17.6 Å². The fourth-order valence-corrected chi connectivity index (χ4v) is 2.52. The molecule has 0 saturated carbocycles. The second-order valence-electron chi connectivity index (χ2n) is 4.53. The number of carboxylic acid groups (broad SMARTS) is 1. The van der Waals surface area contributed by atoms with Crippen LogP contribution in [0.1, 0.15) is 48.8 Å². The molecule has 0 radical (unpaired) electrons. The highest BCUT2D eigenvalue weighted by atomic mass is 16.4. The number of carboxylic acids is 1. The molecule has 86 valence electrons. The Morgan fingerprint density at radius 1 is 1.31 bits per heavy atom. The van der Waals surface area contributed by atoms with Crippen LogP contribution in [0.5, 0.6) is 0 Å². The van der Waals surface area contributed by atoms with E-state index in [-0.39, 0.29) is 5.92 Å². The van der Waals surface area contributed by atoms with E-state index >= 15 is 0 Å². The average molecular weight is 218 g/mol. The molecule has 0 fully saturated rings. The van der Waals surface area contributed by atoms with E-state index in [1.54, 1.807) is 0 Å². The van der Waals surface area contributed by atoms with Gasteiger partial charge in [-0.05, 0) is 48.8 Å². The fourth-order valence-electron chi connectivity index (χ4n) is 2.52. The summed E-state index contributed by atoms with van der Waals surface area (Å²) in [5.41, 5.74) is 3.74. The van der Waals surface area contributed by atoms with E-state index in [4.69, 9.17) is 5.11 Å². The SMILES string of the molecule is CCC(C(=O)O)c1ccc2c(c1)CCCC2. The Bertz CT molecular complexity index is 396. The van der Waals surface area contributed by atoms with Crippen LogP contribution in [0.25, 0.3) is 0 Å². The van der Waals surface area contributed by atoms with Crippen molar-refractivity contribution in [2.75, 3.05) is 0 Å². The largest absolute Gasteiger partial charge is 0.481 e. The van der Waals surface area contributed by atoms with Crippen molar-refractivity contribution in [2.45, 2.75) is 44.9 Å². The first-order valence-electron chi connectivity index (χ1n) is 6.07. The number of aryl methyl sites for hydroxylation is 2. The molecule has 0 heterocycles. The predicted molar refractivity (Wildman–Crippen MR) is 63.8 cm³/mol. The van der Waals surface area contributed by atoms with Gasteiger partial charge in [-0.1, -0.05) is 25.1 Å². The number of hydrogen-bond acceptors (Lipinski definition) is 1. The fraction of sp³-hybridized carbons (Fsp3) is 0.500. The Morgan fingerprint density at radius 3 is 2.62 bits per heavy atom. The summed E-state index contributed by atoms with van der Waals surface area (Å²) >= 11 is 0. The van der Waals surface area contributed by atoms with Gasteiger partial charge in [0.05, 0.1) is 5.92 Å². The van der Waals surface area contributed by atoms with Crippen molar-refractivity contribution in [3.8, 4) is 0 Å². The first-order chi connectivity index (χ1) is 7.72. The summed E-state index contributed by atoms with van der Waals surface area (Å²) in [5.74, 6) is -1.05. The van der Waals surface area contributed by atoms with Crippen molar-refractivity contribution in [3.05, 3.63) is 34.9 Å². The van der Waals surface area contributed by atoms with Gasteiger partial charge in [0.25, 0.3) is 0 Å². The number of benzene rings is 1. The molecule has 1 aliphatic rings. The number of carbonyl (C=O) groups is 1. The van der Waals surface area contributed by atoms with Crippen LogP contribution in [0.15, 0.2) is 18.2 Å². The Hall–Kier alpha value is -1.31. The van der Waals surface area contributed by atoms with E-state index in [0.29, 0.717) is 6.42 Å². The molecule has 1 aliphatic carbocycles. The molecule has 16 heavy (non-hydrogen) atoms. The highest BCUT2D eigenvalue weighted by Crippen LogP contribution is 2.27. The molecular formula is C14H18O2. The third kappa shape index (κ3) is 2.11. The molecule has 0 spiro atoms. The molecule has 1 atom stereocenters. The third-order valence-electron chi connectivity index (χ3n) is 3.48. The monoisotopic (exact) mass is 218 g/mol. The molecule has 0 aromatic heterocycles. The van der Waals surface area contributed by atoms with Crippen molar-refractivity contribution in [1.29, 1.82) is 0 Å². The lowest BCUT2D eigenvalue weighted by Gasteiger charge is -2.18.